The van der Waals surface area contributed by atoms with Crippen LogP contribution in [0.2, 0.25) is 0 Å². The number of rotatable bonds is 1. The molecule has 0 atom stereocenters. The topological polar surface area (TPSA) is 85.2 Å². The van der Waals surface area contributed by atoms with Crippen molar-refractivity contribution in [3.05, 3.63) is 24.2 Å². The van der Waals surface area contributed by atoms with Crippen molar-refractivity contribution in [1.82, 2.24) is 15.0 Å². The van der Waals surface area contributed by atoms with Crippen LogP contribution in [0.15, 0.2) is 29.2 Å². The van der Waals surface area contributed by atoms with Gasteiger partial charge in [-0.3, -0.25) is 4.55 Å². The third-order valence-electron chi connectivity index (χ3n) is 1.50. The second kappa shape index (κ2) is 2.55. The largest absolute Gasteiger partial charge is 0.374 e. The lowest BCUT2D eigenvalue weighted by molar-refractivity contribution is 0.266. The Morgan fingerprint density at radius 2 is 2.31 bits per heavy atom. The average molecular weight is 202 g/mol. The number of aliphatic imine (C=N–C) groups is 1. The third-order valence-corrected chi connectivity index (χ3v) is 2.18. The fraction of sp³-hybridized carbons (Fsp3) is 0. The number of allylic oxidation sites excluding steroid dienone is 1. The van der Waals surface area contributed by atoms with E-state index >= 15 is 0 Å². The van der Waals surface area contributed by atoms with Gasteiger partial charge < -0.3 is 0 Å². The van der Waals surface area contributed by atoms with Crippen LogP contribution in [0.5, 0.6) is 0 Å². The molecule has 0 aromatic carbocycles. The molecule has 13 heavy (non-hydrogen) atoms. The van der Waals surface area contributed by atoms with Gasteiger partial charge in [-0.25, -0.2) is 10.0 Å². The zero-order valence-electron chi connectivity index (χ0n) is 6.32. The summed E-state index contributed by atoms with van der Waals surface area (Å²) in [6.45, 7) is 0. The summed E-state index contributed by atoms with van der Waals surface area (Å²) in [5.74, 6) is 0. The first-order valence-electron chi connectivity index (χ1n) is 3.31. The molecule has 0 saturated heterocycles. The molecule has 0 fully saturated rings. The smallest absolute Gasteiger partial charge is 0.268 e. The molecule has 0 saturated carbocycles. The molecule has 2 N–H and O–H groups in total. The Hall–Kier alpha value is -1.38. The number of nitrogens with zero attached hydrogens (tertiary/aromatic N) is 3. The Balaban J connectivity index is 2.31. The van der Waals surface area contributed by atoms with Gasteiger partial charge in [0.05, 0.1) is 11.9 Å². The van der Waals surface area contributed by atoms with E-state index in [0.717, 1.165) is 0 Å². The van der Waals surface area contributed by atoms with Crippen LogP contribution in [0.25, 0.3) is 0 Å². The zero-order chi connectivity index (χ0) is 9.47. The highest BCUT2D eigenvalue weighted by Crippen LogP contribution is 2.15. The molecule has 7 nitrogen and oxygen atoms in total. The fourth-order valence-electron chi connectivity index (χ4n) is 0.934. The molecule has 0 spiro atoms. The molecule has 0 aromatic rings. The van der Waals surface area contributed by atoms with Gasteiger partial charge in [0.15, 0.2) is 0 Å². The van der Waals surface area contributed by atoms with Gasteiger partial charge in [-0.2, -0.15) is 12.8 Å². The van der Waals surface area contributed by atoms with Crippen molar-refractivity contribution < 1.29 is 13.0 Å². The highest BCUT2D eigenvalue weighted by Gasteiger charge is 2.26. The van der Waals surface area contributed by atoms with Crippen LogP contribution in [0.3, 0.4) is 0 Å². The third kappa shape index (κ3) is 1.41. The normalized spacial score (nSPS) is 20.5. The molecule has 0 amide bonds. The van der Waals surface area contributed by atoms with Crippen LogP contribution in [-0.2, 0) is 10.3 Å². The van der Waals surface area contributed by atoms with Gasteiger partial charge in [-0.15, -0.1) is 5.53 Å². The van der Waals surface area contributed by atoms with E-state index in [9.17, 15) is 8.42 Å². The molecule has 70 valence electrons. The number of fused-ring (bicyclic) bond motifs is 1. The molecule has 8 heteroatoms. The molecular formula is C5H6N4O3S. The minimum atomic E-state index is -4.25. The molecule has 2 heterocycles. The van der Waals surface area contributed by atoms with Crippen LogP contribution >= 0.6 is 0 Å². The molecular weight excluding hydrogens is 196 g/mol. The summed E-state index contributed by atoms with van der Waals surface area (Å²) in [6, 6.07) is 0. The van der Waals surface area contributed by atoms with E-state index < -0.39 is 10.3 Å². The quantitative estimate of drug-likeness (QED) is 0.545. The summed E-state index contributed by atoms with van der Waals surface area (Å²) in [4.78, 5) is 3.75. The lowest BCUT2D eigenvalue weighted by Crippen LogP contribution is -2.42. The Labute approximate surface area is 74.5 Å². The van der Waals surface area contributed by atoms with Gasteiger partial charge in [0, 0.05) is 6.20 Å². The summed E-state index contributed by atoms with van der Waals surface area (Å²) >= 11 is 0. The average Bonchev–Trinajstić information content (AvgIpc) is 2.45. The number of hydrogen-bond acceptors (Lipinski definition) is 5. The van der Waals surface area contributed by atoms with Gasteiger partial charge in [0.25, 0.3) is 0 Å². The van der Waals surface area contributed by atoms with E-state index in [-0.39, 0.29) is 0 Å². The first-order chi connectivity index (χ1) is 6.07. The van der Waals surface area contributed by atoms with Crippen molar-refractivity contribution in [2.75, 3.05) is 0 Å². The summed E-state index contributed by atoms with van der Waals surface area (Å²) in [7, 11) is -4.25. The van der Waals surface area contributed by atoms with E-state index in [4.69, 9.17) is 4.55 Å². The van der Waals surface area contributed by atoms with Crippen molar-refractivity contribution in [1.29, 1.82) is 0 Å². The highest BCUT2D eigenvalue weighted by molar-refractivity contribution is 7.83. The van der Waals surface area contributed by atoms with Crippen molar-refractivity contribution in [2.45, 2.75) is 0 Å². The molecule has 2 aliphatic heterocycles. The first-order valence-corrected chi connectivity index (χ1v) is 4.71. The van der Waals surface area contributed by atoms with Crippen LogP contribution in [-0.4, -0.2) is 28.7 Å². The van der Waals surface area contributed by atoms with Crippen LogP contribution in [0.4, 0.5) is 0 Å². The second-order valence-corrected chi connectivity index (χ2v) is 3.67. The number of hydrogen-bond donors (Lipinski definition) is 2. The maximum Gasteiger partial charge on any atom is 0.374 e. The molecule has 2 aliphatic rings. The molecule has 0 unspecified atom stereocenters. The summed E-state index contributed by atoms with van der Waals surface area (Å²) in [6.07, 6.45) is 5.73. The molecule has 2 rings (SSSR count). The minimum absolute atomic E-state index is 0.577. The number of nitrogens with one attached hydrogen (secondary N) is 1. The van der Waals surface area contributed by atoms with Gasteiger partial charge >= 0.3 is 10.3 Å². The van der Waals surface area contributed by atoms with Crippen molar-refractivity contribution in [3.8, 4) is 0 Å². The first kappa shape index (κ1) is 8.23. The van der Waals surface area contributed by atoms with E-state index in [1.54, 1.807) is 6.08 Å². The van der Waals surface area contributed by atoms with Crippen molar-refractivity contribution in [3.63, 3.8) is 0 Å². The maximum atomic E-state index is 10.7. The Kier molecular flexibility index (Phi) is 1.62. The predicted octanol–water partition coefficient (Wildman–Crippen LogP) is -0.777. The second-order valence-electron chi connectivity index (χ2n) is 2.38. The van der Waals surface area contributed by atoms with Gasteiger partial charge in [-0.05, 0) is 6.08 Å². The maximum absolute atomic E-state index is 10.7. The SMILES string of the molecule is O=S(=O)(O)N1C=C2C=CN=CN2N1. The van der Waals surface area contributed by atoms with Crippen LogP contribution in [0.1, 0.15) is 0 Å². The van der Waals surface area contributed by atoms with Gasteiger partial charge in [0.1, 0.15) is 6.34 Å². The van der Waals surface area contributed by atoms with E-state index in [0.29, 0.717) is 10.1 Å². The minimum Gasteiger partial charge on any atom is -0.268 e. The van der Waals surface area contributed by atoms with Gasteiger partial charge in [-0.1, -0.05) is 0 Å². The van der Waals surface area contributed by atoms with E-state index in [2.05, 4.69) is 10.5 Å². The van der Waals surface area contributed by atoms with Crippen molar-refractivity contribution in [2.24, 2.45) is 4.99 Å². The monoisotopic (exact) mass is 202 g/mol. The standard InChI is InChI=1S/C5H6N4O3S/c10-13(11,12)9-3-5-1-2-6-4-8(5)7-9/h1-4,7H,(H,10,11,12). The molecule has 0 bridgehead atoms. The highest BCUT2D eigenvalue weighted by atomic mass is 32.2. The Bertz CT molecular complexity index is 409. The lowest BCUT2D eigenvalue weighted by Gasteiger charge is -2.18. The summed E-state index contributed by atoms with van der Waals surface area (Å²) < 4.78 is 30.6. The molecule has 0 aromatic heterocycles. The van der Waals surface area contributed by atoms with E-state index in [1.165, 1.54) is 23.7 Å². The summed E-state index contributed by atoms with van der Waals surface area (Å²) in [5.41, 5.74) is 2.94. The van der Waals surface area contributed by atoms with E-state index in [1.807, 2.05) is 0 Å². The predicted molar refractivity (Wildman–Crippen MR) is 44.1 cm³/mol. The summed E-state index contributed by atoms with van der Waals surface area (Å²) in [5, 5.41) is 1.35. The zero-order valence-corrected chi connectivity index (χ0v) is 7.14. The number of hydrazine groups is 2. The van der Waals surface area contributed by atoms with Crippen LogP contribution in [0, 0.1) is 0 Å². The Morgan fingerprint density at radius 3 is 2.92 bits per heavy atom. The van der Waals surface area contributed by atoms with Crippen LogP contribution < -0.4 is 5.53 Å². The Morgan fingerprint density at radius 1 is 1.54 bits per heavy atom. The lowest BCUT2D eigenvalue weighted by atomic mass is 10.4. The molecule has 0 radical (unpaired) electrons. The van der Waals surface area contributed by atoms with Crippen molar-refractivity contribution >= 4 is 16.6 Å². The van der Waals surface area contributed by atoms with Gasteiger partial charge in [0.2, 0.25) is 0 Å². The fourth-order valence-corrected chi connectivity index (χ4v) is 1.37. The molecule has 0 aliphatic carbocycles.